The average Bonchev–Trinajstić information content (AvgIpc) is 2.57. The summed E-state index contributed by atoms with van der Waals surface area (Å²) in [5.41, 5.74) is 1.83. The second kappa shape index (κ2) is 5.33. The molecule has 0 saturated carbocycles. The highest BCUT2D eigenvalue weighted by molar-refractivity contribution is 7.10. The lowest BCUT2D eigenvalue weighted by molar-refractivity contribution is 0.298. The molecule has 0 amide bonds. The van der Waals surface area contributed by atoms with Gasteiger partial charge in [-0.3, -0.25) is 0 Å². The largest absolute Gasteiger partial charge is 0.307 e. The number of hydrogen-bond donors (Lipinski definition) is 1. The van der Waals surface area contributed by atoms with Gasteiger partial charge in [0.25, 0.3) is 0 Å². The Hall–Kier alpha value is -0.340. The molecule has 0 spiro atoms. The molecule has 0 bridgehead atoms. The quantitative estimate of drug-likeness (QED) is 0.830. The number of hydrogen-bond acceptors (Lipinski definition) is 2. The average molecular weight is 237 g/mol. The smallest absolute Gasteiger partial charge is 0.0442 e. The molecule has 0 aliphatic carbocycles. The Morgan fingerprint density at radius 3 is 2.94 bits per heavy atom. The molecule has 1 unspecified atom stereocenters. The van der Waals surface area contributed by atoms with Gasteiger partial charge in [-0.05, 0) is 49.7 Å². The molecule has 90 valence electrons. The molecule has 1 aromatic rings. The van der Waals surface area contributed by atoms with Crippen molar-refractivity contribution in [2.24, 2.45) is 0 Å². The Labute approximate surface area is 103 Å². The van der Waals surface area contributed by atoms with E-state index in [0.717, 1.165) is 0 Å². The zero-order valence-electron chi connectivity index (χ0n) is 10.5. The Morgan fingerprint density at radius 2 is 2.25 bits per heavy atom. The van der Waals surface area contributed by atoms with Crippen molar-refractivity contribution in [3.63, 3.8) is 0 Å². The number of nitrogens with one attached hydrogen (secondary N) is 1. The SMILES string of the molecule is CCCC1(c2csc(C)c2)CCCCCN1. The molecule has 1 atom stereocenters. The highest BCUT2D eigenvalue weighted by Gasteiger charge is 2.32. The predicted octanol–water partition coefficient (Wildman–Crippen LogP) is 4.22. The fourth-order valence-electron chi connectivity index (χ4n) is 2.87. The van der Waals surface area contributed by atoms with Crippen molar-refractivity contribution >= 4 is 11.3 Å². The van der Waals surface area contributed by atoms with Crippen molar-refractivity contribution in [2.75, 3.05) is 6.54 Å². The van der Waals surface area contributed by atoms with Crippen LogP contribution in [0.4, 0.5) is 0 Å². The molecule has 2 heteroatoms. The van der Waals surface area contributed by atoms with Crippen LogP contribution in [0.5, 0.6) is 0 Å². The molecule has 16 heavy (non-hydrogen) atoms. The van der Waals surface area contributed by atoms with Crippen LogP contribution >= 0.6 is 11.3 Å². The van der Waals surface area contributed by atoms with E-state index in [9.17, 15) is 0 Å². The van der Waals surface area contributed by atoms with Gasteiger partial charge in [0.15, 0.2) is 0 Å². The molecule has 1 aliphatic rings. The van der Waals surface area contributed by atoms with Crippen molar-refractivity contribution < 1.29 is 0 Å². The first-order valence-corrected chi connectivity index (χ1v) is 7.45. The highest BCUT2D eigenvalue weighted by atomic mass is 32.1. The van der Waals surface area contributed by atoms with E-state index in [-0.39, 0.29) is 5.54 Å². The van der Waals surface area contributed by atoms with E-state index in [2.05, 4.69) is 30.6 Å². The molecule has 0 aromatic carbocycles. The van der Waals surface area contributed by atoms with Crippen molar-refractivity contribution in [2.45, 2.75) is 57.9 Å². The summed E-state index contributed by atoms with van der Waals surface area (Å²) in [7, 11) is 0. The zero-order chi connectivity index (χ0) is 11.4. The first-order chi connectivity index (χ1) is 7.77. The van der Waals surface area contributed by atoms with Crippen molar-refractivity contribution in [3.05, 3.63) is 21.9 Å². The molecule has 1 fully saturated rings. The van der Waals surface area contributed by atoms with Gasteiger partial charge in [0, 0.05) is 10.4 Å². The third-order valence-corrected chi connectivity index (χ3v) is 4.57. The second-order valence-electron chi connectivity index (χ2n) is 5.02. The highest BCUT2D eigenvalue weighted by Crippen LogP contribution is 2.36. The van der Waals surface area contributed by atoms with Gasteiger partial charge in [-0.1, -0.05) is 26.2 Å². The van der Waals surface area contributed by atoms with Crippen LogP contribution in [-0.4, -0.2) is 6.54 Å². The fourth-order valence-corrected chi connectivity index (χ4v) is 3.67. The van der Waals surface area contributed by atoms with Crippen LogP contribution in [0.2, 0.25) is 0 Å². The topological polar surface area (TPSA) is 12.0 Å². The maximum Gasteiger partial charge on any atom is 0.0442 e. The summed E-state index contributed by atoms with van der Waals surface area (Å²) >= 11 is 1.89. The normalized spacial score (nSPS) is 26.6. The van der Waals surface area contributed by atoms with Gasteiger partial charge < -0.3 is 5.32 Å². The maximum atomic E-state index is 3.83. The maximum absolute atomic E-state index is 3.83. The lowest BCUT2D eigenvalue weighted by atomic mass is 9.83. The Kier molecular flexibility index (Phi) is 4.04. The molecule has 2 heterocycles. The second-order valence-corrected chi connectivity index (χ2v) is 6.13. The summed E-state index contributed by atoms with van der Waals surface area (Å²) in [5.74, 6) is 0. The minimum Gasteiger partial charge on any atom is -0.307 e. The fraction of sp³-hybridized carbons (Fsp3) is 0.714. The van der Waals surface area contributed by atoms with Crippen LogP contribution in [0, 0.1) is 6.92 Å². The monoisotopic (exact) mass is 237 g/mol. The number of aryl methyl sites for hydroxylation is 1. The number of thiophene rings is 1. The lowest BCUT2D eigenvalue weighted by Gasteiger charge is -2.33. The van der Waals surface area contributed by atoms with Crippen LogP contribution in [0.3, 0.4) is 0 Å². The lowest BCUT2D eigenvalue weighted by Crippen LogP contribution is -2.41. The molecule has 2 rings (SSSR count). The standard InChI is InChI=1S/C14H23NS/c1-3-7-14(8-5-4-6-9-15-14)13-10-12(2)16-11-13/h10-11,15H,3-9H2,1-2H3. The van der Waals surface area contributed by atoms with Gasteiger partial charge in [-0.15, -0.1) is 11.3 Å². The Balaban J connectivity index is 2.25. The third kappa shape index (κ3) is 2.49. The van der Waals surface area contributed by atoms with Gasteiger partial charge in [-0.25, -0.2) is 0 Å². The summed E-state index contributed by atoms with van der Waals surface area (Å²) in [6.45, 7) is 5.70. The minimum absolute atomic E-state index is 0.288. The molecule has 0 radical (unpaired) electrons. The van der Waals surface area contributed by atoms with Gasteiger partial charge in [0.2, 0.25) is 0 Å². The molecule has 1 saturated heterocycles. The molecule has 1 aromatic heterocycles. The first kappa shape index (κ1) is 12.1. The van der Waals surface area contributed by atoms with Gasteiger partial charge in [-0.2, -0.15) is 0 Å². The van der Waals surface area contributed by atoms with Gasteiger partial charge in [0.1, 0.15) is 0 Å². The Morgan fingerprint density at radius 1 is 1.38 bits per heavy atom. The summed E-state index contributed by atoms with van der Waals surface area (Å²) in [4.78, 5) is 1.44. The third-order valence-electron chi connectivity index (χ3n) is 3.70. The van der Waals surface area contributed by atoms with Crippen LogP contribution in [0.15, 0.2) is 11.4 Å². The van der Waals surface area contributed by atoms with E-state index in [1.165, 1.54) is 49.9 Å². The van der Waals surface area contributed by atoms with E-state index < -0.39 is 0 Å². The summed E-state index contributed by atoms with van der Waals surface area (Å²) in [5, 5.41) is 6.20. The van der Waals surface area contributed by atoms with Crippen molar-refractivity contribution in [3.8, 4) is 0 Å². The van der Waals surface area contributed by atoms with Gasteiger partial charge >= 0.3 is 0 Å². The van der Waals surface area contributed by atoms with Crippen LogP contribution < -0.4 is 5.32 Å². The van der Waals surface area contributed by atoms with E-state index in [1.54, 1.807) is 5.56 Å². The summed E-state index contributed by atoms with van der Waals surface area (Å²) in [6.07, 6.45) is 7.97. The van der Waals surface area contributed by atoms with E-state index >= 15 is 0 Å². The zero-order valence-corrected chi connectivity index (χ0v) is 11.3. The number of rotatable bonds is 3. The predicted molar refractivity (Wildman–Crippen MR) is 72.1 cm³/mol. The summed E-state index contributed by atoms with van der Waals surface area (Å²) in [6, 6.07) is 2.39. The van der Waals surface area contributed by atoms with Gasteiger partial charge in [0.05, 0.1) is 0 Å². The van der Waals surface area contributed by atoms with Crippen LogP contribution in [0.25, 0.3) is 0 Å². The summed E-state index contributed by atoms with van der Waals surface area (Å²) < 4.78 is 0. The molecular formula is C14H23NS. The molecule has 1 aliphatic heterocycles. The molecular weight excluding hydrogens is 214 g/mol. The van der Waals surface area contributed by atoms with E-state index in [1.807, 2.05) is 11.3 Å². The van der Waals surface area contributed by atoms with Crippen LogP contribution in [0.1, 0.15) is 55.9 Å². The molecule has 1 nitrogen and oxygen atoms in total. The Bertz CT molecular complexity index is 321. The first-order valence-electron chi connectivity index (χ1n) is 6.57. The van der Waals surface area contributed by atoms with Crippen LogP contribution in [-0.2, 0) is 5.54 Å². The van der Waals surface area contributed by atoms with E-state index in [0.29, 0.717) is 0 Å². The van der Waals surface area contributed by atoms with Crippen molar-refractivity contribution in [1.82, 2.24) is 5.32 Å². The van der Waals surface area contributed by atoms with Crippen molar-refractivity contribution in [1.29, 1.82) is 0 Å². The van der Waals surface area contributed by atoms with E-state index in [4.69, 9.17) is 0 Å². The minimum atomic E-state index is 0.288. The molecule has 1 N–H and O–H groups in total.